The number of carbonyl (C=O) groups is 1. The highest BCUT2D eigenvalue weighted by Gasteiger charge is 2.62. The van der Waals surface area contributed by atoms with Gasteiger partial charge in [0.1, 0.15) is 0 Å². The van der Waals surface area contributed by atoms with Crippen LogP contribution < -0.4 is 15.9 Å². The largest absolute Gasteiger partial charge is 0.461 e. The number of hydrogen-bond donors (Lipinski definition) is 0. The van der Waals surface area contributed by atoms with Gasteiger partial charge in [0, 0.05) is 0 Å². The number of hydrogen-bond acceptors (Lipinski definition) is 1. The topological polar surface area (TPSA) is 17.1 Å². The normalized spacial score (nSPS) is 12.4. The first kappa shape index (κ1) is 21.0. The number of Topliss-reactive ketones (excluding diaryl/α,β-unsaturated/α-hetero) is 1. The molecule has 0 aliphatic rings. The van der Waals surface area contributed by atoms with Crippen LogP contribution in [0.15, 0.2) is 91.0 Å². The average molecular weight is 422 g/mol. The molecule has 3 rings (SSSR count). The summed E-state index contributed by atoms with van der Waals surface area (Å²) < 4.78 is 66.5. The zero-order valence-electron chi connectivity index (χ0n) is 15.0. The number of halogens is 5. The molecule has 0 saturated heterocycles. The Balaban J connectivity index is 2.42. The number of benzene rings is 3. The molecule has 0 saturated carbocycles. The molecular weight excluding hydrogens is 406 g/mol. The Morgan fingerprint density at radius 3 is 1.21 bits per heavy atom. The third kappa shape index (κ3) is 3.90. The second kappa shape index (κ2) is 7.96. The minimum absolute atomic E-state index is 0.503. The Hall–Kier alpha value is -2.72. The van der Waals surface area contributed by atoms with Crippen LogP contribution >= 0.6 is 6.89 Å². The summed E-state index contributed by atoms with van der Waals surface area (Å²) >= 11 is 0. The molecule has 29 heavy (non-hydrogen) atoms. The van der Waals surface area contributed by atoms with Crippen molar-refractivity contribution in [3.8, 4) is 0 Å². The van der Waals surface area contributed by atoms with Gasteiger partial charge < -0.3 is 0 Å². The SMILES string of the molecule is O=C(C=P(c1ccccc1)(c1ccccc1)c1ccccc1)C(F)(F)C(F)(F)F. The van der Waals surface area contributed by atoms with E-state index in [4.69, 9.17) is 0 Å². The third-order valence-corrected chi connectivity index (χ3v) is 8.43. The number of rotatable bonds is 5. The quantitative estimate of drug-likeness (QED) is 0.436. The van der Waals surface area contributed by atoms with Crippen LogP contribution in [0.3, 0.4) is 0 Å². The summed E-state index contributed by atoms with van der Waals surface area (Å²) in [4.78, 5) is 12.3. The first-order valence-corrected chi connectivity index (χ1v) is 10.5. The van der Waals surface area contributed by atoms with Crippen LogP contribution in [0.4, 0.5) is 22.0 Å². The molecule has 0 spiro atoms. The minimum Gasteiger partial charge on any atom is -0.288 e. The molecule has 7 heteroatoms. The van der Waals surface area contributed by atoms with Crippen molar-refractivity contribution in [3.63, 3.8) is 0 Å². The van der Waals surface area contributed by atoms with Crippen molar-refractivity contribution >= 4 is 34.4 Å². The molecule has 3 aromatic carbocycles. The van der Waals surface area contributed by atoms with Crippen molar-refractivity contribution in [2.24, 2.45) is 0 Å². The van der Waals surface area contributed by atoms with Gasteiger partial charge in [-0.2, -0.15) is 22.0 Å². The molecule has 3 aromatic rings. The van der Waals surface area contributed by atoms with Gasteiger partial charge in [0.25, 0.3) is 0 Å². The summed E-state index contributed by atoms with van der Waals surface area (Å²) in [5.41, 5.74) is 0. The van der Waals surface area contributed by atoms with Crippen LogP contribution in [0, 0.1) is 0 Å². The predicted molar refractivity (Wildman–Crippen MR) is 107 cm³/mol. The molecule has 0 aromatic heterocycles. The van der Waals surface area contributed by atoms with E-state index in [1.807, 2.05) is 0 Å². The molecule has 0 fully saturated rings. The van der Waals surface area contributed by atoms with Gasteiger partial charge in [0.15, 0.2) is 0 Å². The Labute approximate surface area is 164 Å². The maximum absolute atomic E-state index is 13.9. The number of ketones is 1. The molecule has 0 N–H and O–H groups in total. The molecule has 150 valence electrons. The molecule has 1 nitrogen and oxygen atoms in total. The maximum Gasteiger partial charge on any atom is 0.461 e. The van der Waals surface area contributed by atoms with Gasteiger partial charge in [-0.25, -0.2) is 0 Å². The molecule has 0 heterocycles. The third-order valence-electron chi connectivity index (χ3n) is 4.47. The summed E-state index contributed by atoms with van der Waals surface area (Å²) in [5.74, 6) is -7.13. The Morgan fingerprint density at radius 1 is 0.621 bits per heavy atom. The van der Waals surface area contributed by atoms with Crippen molar-refractivity contribution in [2.75, 3.05) is 0 Å². The zero-order chi connectivity index (χ0) is 21.1. The molecule has 0 amide bonds. The lowest BCUT2D eigenvalue weighted by molar-refractivity contribution is -0.265. The predicted octanol–water partition coefficient (Wildman–Crippen LogP) is 4.55. The van der Waals surface area contributed by atoms with E-state index >= 15 is 0 Å². The van der Waals surface area contributed by atoms with E-state index in [1.165, 1.54) is 0 Å². The van der Waals surface area contributed by atoms with Crippen LogP contribution in [0.25, 0.3) is 0 Å². The molecular formula is C22H16F5OP. The smallest absolute Gasteiger partial charge is 0.288 e. The molecule has 0 radical (unpaired) electrons. The Bertz CT molecular complexity index is 926. The highest BCUT2D eigenvalue weighted by Crippen LogP contribution is 2.45. The Kier molecular flexibility index (Phi) is 5.76. The number of carbonyl (C=O) groups excluding carboxylic acids is 1. The Morgan fingerprint density at radius 2 is 0.931 bits per heavy atom. The van der Waals surface area contributed by atoms with E-state index in [0.29, 0.717) is 21.7 Å². The summed E-state index contributed by atoms with van der Waals surface area (Å²) in [5, 5.41) is 1.51. The monoisotopic (exact) mass is 422 g/mol. The van der Waals surface area contributed by atoms with E-state index in [0.717, 1.165) is 0 Å². The van der Waals surface area contributed by atoms with Crippen LogP contribution in [0.2, 0.25) is 0 Å². The van der Waals surface area contributed by atoms with Gasteiger partial charge >= 0.3 is 12.1 Å². The highest BCUT2D eigenvalue weighted by molar-refractivity contribution is 7.95. The second-order valence-corrected chi connectivity index (χ2v) is 9.55. The lowest BCUT2D eigenvalue weighted by Gasteiger charge is -2.29. The van der Waals surface area contributed by atoms with E-state index in [1.54, 1.807) is 91.0 Å². The fraction of sp³-hybridized carbons (Fsp3) is 0.0909. The van der Waals surface area contributed by atoms with Crippen LogP contribution in [-0.4, -0.2) is 23.7 Å². The van der Waals surface area contributed by atoms with Crippen molar-refractivity contribution < 1.29 is 26.7 Å². The summed E-state index contributed by atoms with van der Waals surface area (Å²) in [6, 6.07) is 25.0. The van der Waals surface area contributed by atoms with Gasteiger partial charge in [-0.05, 0) is 28.6 Å². The highest BCUT2D eigenvalue weighted by atomic mass is 31.2. The molecule has 0 aliphatic heterocycles. The number of alkyl halides is 5. The average Bonchev–Trinajstić information content (AvgIpc) is 2.73. The maximum atomic E-state index is 13.9. The fourth-order valence-electron chi connectivity index (χ4n) is 3.06. The van der Waals surface area contributed by atoms with Gasteiger partial charge in [0.2, 0.25) is 5.78 Å². The molecule has 0 atom stereocenters. The van der Waals surface area contributed by atoms with Crippen LogP contribution in [0.1, 0.15) is 0 Å². The van der Waals surface area contributed by atoms with Gasteiger partial charge in [-0.3, -0.25) is 4.79 Å². The van der Waals surface area contributed by atoms with E-state index in [9.17, 15) is 26.7 Å². The van der Waals surface area contributed by atoms with Crippen molar-refractivity contribution in [3.05, 3.63) is 91.0 Å². The van der Waals surface area contributed by atoms with Crippen LogP contribution in [-0.2, 0) is 4.79 Å². The molecule has 0 unspecified atom stereocenters. The summed E-state index contributed by atoms with van der Waals surface area (Å²) in [7, 11) is 0. The van der Waals surface area contributed by atoms with Crippen molar-refractivity contribution in [2.45, 2.75) is 12.1 Å². The lowest BCUT2D eigenvalue weighted by atomic mass is 10.2. The first-order chi connectivity index (χ1) is 13.7. The zero-order valence-corrected chi connectivity index (χ0v) is 15.9. The van der Waals surface area contributed by atoms with Gasteiger partial charge in [0.05, 0.1) is 0 Å². The molecule has 0 aliphatic carbocycles. The fourth-order valence-corrected chi connectivity index (χ4v) is 6.84. The lowest BCUT2D eigenvalue weighted by Crippen LogP contribution is -2.45. The summed E-state index contributed by atoms with van der Waals surface area (Å²) in [6.07, 6.45) is -5.97. The summed E-state index contributed by atoms with van der Waals surface area (Å²) in [6.45, 7) is -3.23. The van der Waals surface area contributed by atoms with Crippen molar-refractivity contribution in [1.29, 1.82) is 0 Å². The van der Waals surface area contributed by atoms with E-state index in [2.05, 4.69) is 0 Å². The van der Waals surface area contributed by atoms with Crippen molar-refractivity contribution in [1.82, 2.24) is 0 Å². The van der Waals surface area contributed by atoms with E-state index < -0.39 is 24.8 Å². The minimum atomic E-state index is -5.97. The van der Waals surface area contributed by atoms with Gasteiger partial charge in [-0.1, -0.05) is 91.0 Å². The second-order valence-electron chi connectivity index (χ2n) is 6.29. The standard InChI is InChI=1S/C22H16F5OP/c23-21(24,22(25,26)27)20(28)16-29(17-10-4-1-5-11-17,18-12-6-2-7-13-18)19-14-8-3-9-15-19/h1-16H. The van der Waals surface area contributed by atoms with Gasteiger partial charge in [-0.15, -0.1) is 0 Å². The van der Waals surface area contributed by atoms with Crippen LogP contribution in [0.5, 0.6) is 0 Å². The van der Waals surface area contributed by atoms with E-state index in [-0.39, 0.29) is 0 Å². The first-order valence-electron chi connectivity index (χ1n) is 8.60. The molecule has 0 bridgehead atoms.